The molecule has 0 fully saturated rings. The number of nitriles is 1. The van der Waals surface area contributed by atoms with Gasteiger partial charge in [-0.25, -0.2) is 9.59 Å². The van der Waals surface area contributed by atoms with E-state index in [9.17, 15) is 19.6 Å². The fraction of sp³-hybridized carbons (Fsp3) is 0.273. The fourth-order valence-electron chi connectivity index (χ4n) is 2.89. The van der Waals surface area contributed by atoms with E-state index >= 15 is 0 Å². The Morgan fingerprint density at radius 1 is 1.13 bits per heavy atom. The van der Waals surface area contributed by atoms with Crippen LogP contribution >= 0.6 is 0 Å². The third-order valence-corrected chi connectivity index (χ3v) is 4.49. The molecule has 1 heterocycles. The van der Waals surface area contributed by atoms with Crippen LogP contribution < -0.4 is 4.74 Å². The molecule has 156 valence electrons. The molecule has 1 N–H and O–H groups in total. The standard InChI is InChI=1S/C22H22N2O6/c1-12-18(22(27)29-5)13(2)24-19(12)20(25)14(3)30-21(26)16(11-23)10-15-6-8-17(28-4)9-7-15/h6-10,14,24H,1-5H3/b16-10+/t14-/m1/s1. The lowest BCUT2D eigenvalue weighted by Gasteiger charge is -2.12. The number of ketones is 1. The van der Waals surface area contributed by atoms with Crippen molar-refractivity contribution in [1.82, 2.24) is 4.98 Å². The van der Waals surface area contributed by atoms with Crippen molar-refractivity contribution in [2.75, 3.05) is 14.2 Å². The molecule has 30 heavy (non-hydrogen) atoms. The van der Waals surface area contributed by atoms with E-state index in [1.165, 1.54) is 27.2 Å². The van der Waals surface area contributed by atoms with Crippen molar-refractivity contribution in [2.24, 2.45) is 0 Å². The van der Waals surface area contributed by atoms with Gasteiger partial charge in [-0.05, 0) is 50.1 Å². The zero-order valence-corrected chi connectivity index (χ0v) is 17.4. The van der Waals surface area contributed by atoms with Gasteiger partial charge in [0.25, 0.3) is 0 Å². The number of carbonyl (C=O) groups is 3. The van der Waals surface area contributed by atoms with E-state index < -0.39 is 23.8 Å². The topological polar surface area (TPSA) is 118 Å². The number of nitrogens with zero attached hydrogens (tertiary/aromatic N) is 1. The Bertz CT molecular complexity index is 1040. The average Bonchev–Trinajstić information content (AvgIpc) is 3.04. The summed E-state index contributed by atoms with van der Waals surface area (Å²) in [6.45, 7) is 4.63. The number of rotatable bonds is 7. The molecule has 0 unspecified atom stereocenters. The molecule has 0 radical (unpaired) electrons. The normalized spacial score (nSPS) is 11.9. The Kier molecular flexibility index (Phi) is 7.15. The number of esters is 2. The van der Waals surface area contributed by atoms with Crippen LogP contribution in [-0.2, 0) is 14.3 Å². The lowest BCUT2D eigenvalue weighted by Crippen LogP contribution is -2.26. The van der Waals surface area contributed by atoms with E-state index in [1.807, 2.05) is 0 Å². The molecular weight excluding hydrogens is 388 g/mol. The number of H-pyrrole nitrogens is 1. The summed E-state index contributed by atoms with van der Waals surface area (Å²) in [7, 11) is 2.78. The summed E-state index contributed by atoms with van der Waals surface area (Å²) in [4.78, 5) is 39.9. The Labute approximate surface area is 174 Å². The van der Waals surface area contributed by atoms with Crippen molar-refractivity contribution in [3.05, 3.63) is 57.9 Å². The molecule has 0 saturated carbocycles. The van der Waals surface area contributed by atoms with E-state index in [1.54, 1.807) is 44.2 Å². The van der Waals surface area contributed by atoms with Crippen LogP contribution in [0.25, 0.3) is 6.08 Å². The van der Waals surface area contributed by atoms with Crippen LogP contribution in [0.4, 0.5) is 0 Å². The number of carbonyl (C=O) groups excluding carboxylic acids is 3. The molecule has 0 aliphatic carbocycles. The minimum atomic E-state index is -1.17. The lowest BCUT2D eigenvalue weighted by atomic mass is 10.1. The van der Waals surface area contributed by atoms with E-state index in [0.717, 1.165) is 0 Å². The number of ether oxygens (including phenoxy) is 3. The number of methoxy groups -OCH3 is 2. The quantitative estimate of drug-likeness (QED) is 0.322. The fourth-order valence-corrected chi connectivity index (χ4v) is 2.89. The van der Waals surface area contributed by atoms with Crippen molar-refractivity contribution < 1.29 is 28.6 Å². The number of hydrogen-bond donors (Lipinski definition) is 1. The first-order chi connectivity index (χ1) is 14.2. The highest BCUT2D eigenvalue weighted by atomic mass is 16.5. The summed E-state index contributed by atoms with van der Waals surface area (Å²) < 4.78 is 15.0. The lowest BCUT2D eigenvalue weighted by molar-refractivity contribution is -0.141. The van der Waals surface area contributed by atoms with Gasteiger partial charge in [-0.15, -0.1) is 0 Å². The Morgan fingerprint density at radius 2 is 1.77 bits per heavy atom. The number of Topliss-reactive ketones (excluding diaryl/α,β-unsaturated/α-hetero) is 1. The molecule has 1 atom stereocenters. The molecule has 2 rings (SSSR count). The molecule has 8 nitrogen and oxygen atoms in total. The molecule has 0 amide bonds. The van der Waals surface area contributed by atoms with Crippen LogP contribution in [0.2, 0.25) is 0 Å². The second kappa shape index (κ2) is 9.56. The summed E-state index contributed by atoms with van der Waals surface area (Å²) >= 11 is 0. The van der Waals surface area contributed by atoms with Gasteiger partial charge < -0.3 is 19.2 Å². The monoisotopic (exact) mass is 410 g/mol. The van der Waals surface area contributed by atoms with Gasteiger partial charge in [0.1, 0.15) is 17.4 Å². The van der Waals surface area contributed by atoms with Crippen molar-refractivity contribution in [2.45, 2.75) is 26.9 Å². The van der Waals surface area contributed by atoms with Crippen LogP contribution in [0.15, 0.2) is 29.8 Å². The van der Waals surface area contributed by atoms with Crippen LogP contribution in [0.1, 0.15) is 44.6 Å². The van der Waals surface area contributed by atoms with Gasteiger partial charge in [-0.1, -0.05) is 12.1 Å². The molecular formula is C22H22N2O6. The maximum Gasteiger partial charge on any atom is 0.349 e. The maximum absolute atomic E-state index is 12.7. The largest absolute Gasteiger partial charge is 0.497 e. The highest BCUT2D eigenvalue weighted by Crippen LogP contribution is 2.21. The van der Waals surface area contributed by atoms with E-state index in [4.69, 9.17) is 14.2 Å². The van der Waals surface area contributed by atoms with Crippen LogP contribution in [0.5, 0.6) is 5.75 Å². The smallest absolute Gasteiger partial charge is 0.349 e. The number of benzene rings is 1. The number of nitrogens with one attached hydrogen (secondary N) is 1. The van der Waals surface area contributed by atoms with Gasteiger partial charge in [-0.2, -0.15) is 5.26 Å². The zero-order chi connectivity index (χ0) is 22.4. The Hall–Kier alpha value is -3.86. The third kappa shape index (κ3) is 4.75. The number of aromatic amines is 1. The van der Waals surface area contributed by atoms with E-state index in [-0.39, 0.29) is 16.8 Å². The molecule has 1 aromatic heterocycles. The minimum absolute atomic E-state index is 0.144. The predicted octanol–water partition coefficient (Wildman–Crippen LogP) is 3.15. The second-order valence-corrected chi connectivity index (χ2v) is 6.47. The van der Waals surface area contributed by atoms with Gasteiger partial charge in [0.05, 0.1) is 25.5 Å². The SMILES string of the molecule is COC(=O)c1c(C)[nH]c(C(=O)[C@@H](C)OC(=O)/C(C#N)=C/c2ccc(OC)cc2)c1C. The Balaban J connectivity index is 2.19. The predicted molar refractivity (Wildman–Crippen MR) is 108 cm³/mol. The molecule has 0 aliphatic heterocycles. The van der Waals surface area contributed by atoms with Crippen molar-refractivity contribution >= 4 is 23.8 Å². The molecule has 0 bridgehead atoms. The molecule has 8 heteroatoms. The summed E-state index contributed by atoms with van der Waals surface area (Å²) in [6.07, 6.45) is 0.186. The maximum atomic E-state index is 12.7. The van der Waals surface area contributed by atoms with Gasteiger partial charge in [0.2, 0.25) is 5.78 Å². The van der Waals surface area contributed by atoms with Crippen LogP contribution in [-0.4, -0.2) is 43.0 Å². The molecule has 0 spiro atoms. The summed E-state index contributed by atoms with van der Waals surface area (Å²) in [5.41, 5.74) is 1.62. The first-order valence-corrected chi connectivity index (χ1v) is 9.02. The molecule has 2 aromatic rings. The molecule has 0 aliphatic rings. The minimum Gasteiger partial charge on any atom is -0.497 e. The van der Waals surface area contributed by atoms with Crippen LogP contribution in [0, 0.1) is 25.2 Å². The van der Waals surface area contributed by atoms with Gasteiger partial charge in [0.15, 0.2) is 6.10 Å². The first-order valence-electron chi connectivity index (χ1n) is 9.02. The van der Waals surface area contributed by atoms with Gasteiger partial charge in [-0.3, -0.25) is 4.79 Å². The summed E-state index contributed by atoms with van der Waals surface area (Å²) in [5.74, 6) is -1.39. The summed E-state index contributed by atoms with van der Waals surface area (Å²) in [6, 6.07) is 8.52. The second-order valence-electron chi connectivity index (χ2n) is 6.47. The van der Waals surface area contributed by atoms with E-state index in [0.29, 0.717) is 22.6 Å². The van der Waals surface area contributed by atoms with Crippen molar-refractivity contribution in [3.8, 4) is 11.8 Å². The van der Waals surface area contributed by atoms with Crippen molar-refractivity contribution in [3.63, 3.8) is 0 Å². The number of hydrogen-bond acceptors (Lipinski definition) is 7. The zero-order valence-electron chi connectivity index (χ0n) is 17.4. The van der Waals surface area contributed by atoms with Gasteiger partial charge >= 0.3 is 11.9 Å². The molecule has 1 aromatic carbocycles. The Morgan fingerprint density at radius 3 is 2.30 bits per heavy atom. The van der Waals surface area contributed by atoms with Gasteiger partial charge in [0, 0.05) is 5.69 Å². The highest BCUT2D eigenvalue weighted by Gasteiger charge is 2.28. The number of aryl methyl sites for hydroxylation is 1. The van der Waals surface area contributed by atoms with Crippen molar-refractivity contribution in [1.29, 1.82) is 5.26 Å². The van der Waals surface area contributed by atoms with E-state index in [2.05, 4.69) is 4.98 Å². The van der Waals surface area contributed by atoms with Crippen LogP contribution in [0.3, 0.4) is 0 Å². The average molecular weight is 410 g/mol. The first kappa shape index (κ1) is 22.4. The molecule has 0 saturated heterocycles. The highest BCUT2D eigenvalue weighted by molar-refractivity contribution is 6.05. The summed E-state index contributed by atoms with van der Waals surface area (Å²) in [5, 5.41) is 9.31. The number of aromatic nitrogens is 1. The third-order valence-electron chi connectivity index (χ3n) is 4.49.